The van der Waals surface area contributed by atoms with E-state index >= 15 is 0 Å². The number of aliphatic hydroxyl groups excluding tert-OH is 1. The zero-order chi connectivity index (χ0) is 17.1. The van der Waals surface area contributed by atoms with Crippen LogP contribution in [0.25, 0.3) is 0 Å². The van der Waals surface area contributed by atoms with Gasteiger partial charge in [-0.25, -0.2) is 4.98 Å². The second-order valence-corrected chi connectivity index (χ2v) is 6.35. The number of hydrogen-bond acceptors (Lipinski definition) is 6. The van der Waals surface area contributed by atoms with Crippen molar-refractivity contribution >= 4 is 11.8 Å². The maximum Gasteiger partial charge on any atom is 0.224 e. The molecule has 0 unspecified atom stereocenters. The lowest BCUT2D eigenvalue weighted by atomic mass is 10.2. The van der Waals surface area contributed by atoms with Crippen molar-refractivity contribution in [3.05, 3.63) is 29.2 Å². The van der Waals surface area contributed by atoms with Crippen molar-refractivity contribution in [2.45, 2.75) is 52.8 Å². The van der Waals surface area contributed by atoms with Crippen molar-refractivity contribution in [3.63, 3.8) is 0 Å². The Labute approximate surface area is 142 Å². The first-order chi connectivity index (χ1) is 11.6. The highest BCUT2D eigenvalue weighted by atomic mass is 16.3. The Bertz CT molecular complexity index is 698. The van der Waals surface area contributed by atoms with Crippen LogP contribution in [0.4, 0.5) is 11.8 Å². The molecule has 0 aromatic carbocycles. The normalized spacial score (nSPS) is 17.5. The second-order valence-electron chi connectivity index (χ2n) is 6.35. The minimum Gasteiger partial charge on any atom is -0.391 e. The van der Waals surface area contributed by atoms with E-state index in [2.05, 4.69) is 43.8 Å². The van der Waals surface area contributed by atoms with Gasteiger partial charge in [-0.3, -0.25) is 4.68 Å². The minimum absolute atomic E-state index is 0.258. The van der Waals surface area contributed by atoms with Crippen LogP contribution < -0.4 is 10.2 Å². The molecule has 1 aliphatic heterocycles. The number of aliphatic hydroxyl groups is 1. The molecule has 0 radical (unpaired) electrons. The highest BCUT2D eigenvalue weighted by molar-refractivity contribution is 5.44. The van der Waals surface area contributed by atoms with Gasteiger partial charge in [-0.05, 0) is 32.8 Å². The van der Waals surface area contributed by atoms with Crippen LogP contribution in [0.15, 0.2) is 12.3 Å². The Balaban J connectivity index is 1.69. The van der Waals surface area contributed by atoms with E-state index in [9.17, 15) is 5.11 Å². The molecule has 1 fully saturated rings. The molecule has 0 bridgehead atoms. The number of nitrogens with one attached hydrogen (secondary N) is 1. The number of aryl methyl sites for hydroxylation is 2. The van der Waals surface area contributed by atoms with Gasteiger partial charge in [0.15, 0.2) is 0 Å². The molecule has 0 amide bonds. The van der Waals surface area contributed by atoms with Crippen molar-refractivity contribution in [1.82, 2.24) is 19.7 Å². The van der Waals surface area contributed by atoms with Crippen LogP contribution in [0.1, 0.15) is 36.7 Å². The van der Waals surface area contributed by atoms with E-state index in [1.807, 2.05) is 13.0 Å². The first-order valence-corrected chi connectivity index (χ1v) is 8.61. The van der Waals surface area contributed by atoms with E-state index in [4.69, 9.17) is 0 Å². The van der Waals surface area contributed by atoms with Crippen LogP contribution in [0.5, 0.6) is 0 Å². The summed E-state index contributed by atoms with van der Waals surface area (Å²) in [7, 11) is 0. The molecular weight excluding hydrogens is 304 g/mol. The zero-order valence-corrected chi connectivity index (χ0v) is 14.7. The number of aromatic nitrogens is 4. The van der Waals surface area contributed by atoms with Gasteiger partial charge in [-0.2, -0.15) is 10.1 Å². The van der Waals surface area contributed by atoms with E-state index in [-0.39, 0.29) is 6.10 Å². The SMILES string of the molecule is CCCn1nc(C)c(CNc2nccc(N3CC[C@@H](O)C3)n2)c1C. The summed E-state index contributed by atoms with van der Waals surface area (Å²) in [6.45, 7) is 9.37. The number of anilines is 2. The third kappa shape index (κ3) is 3.51. The molecule has 1 saturated heterocycles. The number of hydrogen-bond donors (Lipinski definition) is 2. The van der Waals surface area contributed by atoms with Crippen LogP contribution >= 0.6 is 0 Å². The summed E-state index contributed by atoms with van der Waals surface area (Å²) >= 11 is 0. The molecule has 0 aliphatic carbocycles. The molecule has 3 heterocycles. The molecular formula is C17H26N6O. The summed E-state index contributed by atoms with van der Waals surface area (Å²) in [5, 5.41) is 17.6. The predicted molar refractivity (Wildman–Crippen MR) is 94.2 cm³/mol. The van der Waals surface area contributed by atoms with Gasteiger partial charge < -0.3 is 15.3 Å². The van der Waals surface area contributed by atoms with Crippen molar-refractivity contribution in [3.8, 4) is 0 Å². The van der Waals surface area contributed by atoms with E-state index < -0.39 is 0 Å². The van der Waals surface area contributed by atoms with Crippen molar-refractivity contribution < 1.29 is 5.11 Å². The van der Waals surface area contributed by atoms with Crippen molar-refractivity contribution in [2.75, 3.05) is 23.3 Å². The molecule has 2 N–H and O–H groups in total. The fourth-order valence-corrected chi connectivity index (χ4v) is 3.15. The lowest BCUT2D eigenvalue weighted by Gasteiger charge is -2.17. The molecule has 24 heavy (non-hydrogen) atoms. The van der Waals surface area contributed by atoms with Crippen molar-refractivity contribution in [1.29, 1.82) is 0 Å². The smallest absolute Gasteiger partial charge is 0.224 e. The molecule has 1 atom stereocenters. The summed E-state index contributed by atoms with van der Waals surface area (Å²) in [5.41, 5.74) is 3.45. The maximum absolute atomic E-state index is 9.68. The molecule has 7 heteroatoms. The van der Waals surface area contributed by atoms with Gasteiger partial charge in [-0.1, -0.05) is 6.92 Å². The largest absolute Gasteiger partial charge is 0.391 e. The fraction of sp³-hybridized carbons (Fsp3) is 0.588. The number of β-amino-alcohol motifs (C(OH)–C–C–N with tert-alkyl or cyclic N) is 1. The van der Waals surface area contributed by atoms with E-state index in [0.29, 0.717) is 19.0 Å². The highest BCUT2D eigenvalue weighted by Crippen LogP contribution is 2.19. The van der Waals surface area contributed by atoms with Crippen LogP contribution in [-0.2, 0) is 13.1 Å². The Morgan fingerprint density at radius 3 is 2.92 bits per heavy atom. The third-order valence-electron chi connectivity index (χ3n) is 4.52. The molecule has 2 aromatic heterocycles. The number of nitrogens with zero attached hydrogens (tertiary/aromatic N) is 5. The van der Waals surface area contributed by atoms with Crippen molar-refractivity contribution in [2.24, 2.45) is 0 Å². The van der Waals surface area contributed by atoms with Gasteiger partial charge in [0, 0.05) is 43.6 Å². The van der Waals surface area contributed by atoms with Gasteiger partial charge in [0.25, 0.3) is 0 Å². The summed E-state index contributed by atoms with van der Waals surface area (Å²) < 4.78 is 2.06. The Morgan fingerprint density at radius 1 is 1.38 bits per heavy atom. The van der Waals surface area contributed by atoms with Gasteiger partial charge in [0.1, 0.15) is 5.82 Å². The lowest BCUT2D eigenvalue weighted by Crippen LogP contribution is -2.22. The lowest BCUT2D eigenvalue weighted by molar-refractivity contribution is 0.198. The van der Waals surface area contributed by atoms with Crippen LogP contribution in [0.3, 0.4) is 0 Å². The minimum atomic E-state index is -0.258. The summed E-state index contributed by atoms with van der Waals surface area (Å²) in [4.78, 5) is 11.0. The fourth-order valence-electron chi connectivity index (χ4n) is 3.15. The summed E-state index contributed by atoms with van der Waals surface area (Å²) in [6, 6.07) is 1.89. The van der Waals surface area contributed by atoms with Gasteiger partial charge in [0.05, 0.1) is 11.8 Å². The van der Waals surface area contributed by atoms with Crippen LogP contribution in [0, 0.1) is 13.8 Å². The molecule has 2 aromatic rings. The molecule has 7 nitrogen and oxygen atoms in total. The van der Waals surface area contributed by atoms with Crippen LogP contribution in [0.2, 0.25) is 0 Å². The third-order valence-corrected chi connectivity index (χ3v) is 4.52. The summed E-state index contributed by atoms with van der Waals surface area (Å²) in [5.74, 6) is 1.47. The van der Waals surface area contributed by atoms with E-state index in [1.54, 1.807) is 6.20 Å². The quantitative estimate of drug-likeness (QED) is 0.842. The number of rotatable bonds is 6. The maximum atomic E-state index is 9.68. The van der Waals surface area contributed by atoms with E-state index in [1.165, 1.54) is 11.3 Å². The molecule has 1 aliphatic rings. The second kappa shape index (κ2) is 7.17. The Hall–Kier alpha value is -2.15. The molecule has 0 saturated carbocycles. The van der Waals surface area contributed by atoms with Gasteiger partial charge >= 0.3 is 0 Å². The van der Waals surface area contributed by atoms with Gasteiger partial charge in [0.2, 0.25) is 5.95 Å². The van der Waals surface area contributed by atoms with E-state index in [0.717, 1.165) is 37.4 Å². The van der Waals surface area contributed by atoms with Gasteiger partial charge in [-0.15, -0.1) is 0 Å². The molecule has 3 rings (SSSR count). The predicted octanol–water partition coefficient (Wildman–Crippen LogP) is 1.88. The molecule has 0 spiro atoms. The Kier molecular flexibility index (Phi) is 4.99. The monoisotopic (exact) mass is 330 g/mol. The topological polar surface area (TPSA) is 79.1 Å². The van der Waals surface area contributed by atoms with Crippen LogP contribution in [-0.4, -0.2) is 44.0 Å². The Morgan fingerprint density at radius 2 is 2.21 bits per heavy atom. The average molecular weight is 330 g/mol. The first-order valence-electron chi connectivity index (χ1n) is 8.61. The highest BCUT2D eigenvalue weighted by Gasteiger charge is 2.21. The summed E-state index contributed by atoms with van der Waals surface area (Å²) in [6.07, 6.45) is 3.37. The molecule has 130 valence electrons. The average Bonchev–Trinajstić information content (AvgIpc) is 3.11. The standard InChI is InChI=1S/C17H26N6O/c1-4-8-23-13(3)15(12(2)21-23)10-19-17-18-7-5-16(20-17)22-9-6-14(24)11-22/h5,7,14,24H,4,6,8-11H2,1-3H3,(H,18,19,20)/t14-/m1/s1. The zero-order valence-electron chi connectivity index (χ0n) is 14.7. The first kappa shape index (κ1) is 16.7.